The Kier molecular flexibility index (Phi) is 5.16. The van der Waals surface area contributed by atoms with E-state index in [1.54, 1.807) is 7.05 Å². The van der Waals surface area contributed by atoms with Crippen LogP contribution in [0.5, 0.6) is 0 Å². The van der Waals surface area contributed by atoms with Crippen molar-refractivity contribution in [3.8, 4) is 0 Å². The summed E-state index contributed by atoms with van der Waals surface area (Å²) in [5.41, 5.74) is 2.27. The standard InChI is InChI=1S/C15H17N3O2S/c1-10-12(8-11-6-4-3-5-7-11)14(20)18-15(17-10)21-9-13(19)16-2/h3-7H,8-9H2,1-2H3,(H,16,19)(H,17,18,20). The van der Waals surface area contributed by atoms with Crippen molar-refractivity contribution in [2.45, 2.75) is 18.5 Å². The molecular weight excluding hydrogens is 286 g/mol. The van der Waals surface area contributed by atoms with Gasteiger partial charge in [0.2, 0.25) is 5.91 Å². The Hall–Kier alpha value is -2.08. The molecule has 0 fully saturated rings. The minimum atomic E-state index is -0.147. The molecule has 110 valence electrons. The fraction of sp³-hybridized carbons (Fsp3) is 0.267. The lowest BCUT2D eigenvalue weighted by Crippen LogP contribution is -2.21. The number of aromatic amines is 1. The first-order chi connectivity index (χ1) is 10.1. The number of aromatic nitrogens is 2. The molecule has 2 N–H and O–H groups in total. The quantitative estimate of drug-likeness (QED) is 0.648. The highest BCUT2D eigenvalue weighted by molar-refractivity contribution is 7.99. The molecule has 1 heterocycles. The predicted molar refractivity (Wildman–Crippen MR) is 83.6 cm³/mol. The molecule has 2 rings (SSSR count). The molecule has 0 atom stereocenters. The van der Waals surface area contributed by atoms with Crippen LogP contribution in [0.3, 0.4) is 0 Å². The Morgan fingerprint density at radius 3 is 2.67 bits per heavy atom. The number of carbonyl (C=O) groups excluding carboxylic acids is 1. The van der Waals surface area contributed by atoms with Crippen molar-refractivity contribution in [2.75, 3.05) is 12.8 Å². The Morgan fingerprint density at radius 1 is 1.33 bits per heavy atom. The number of nitrogens with one attached hydrogen (secondary N) is 2. The van der Waals surface area contributed by atoms with Crippen molar-refractivity contribution in [1.29, 1.82) is 0 Å². The lowest BCUT2D eigenvalue weighted by atomic mass is 10.1. The zero-order valence-corrected chi connectivity index (χ0v) is 12.8. The molecule has 0 bridgehead atoms. The average molecular weight is 303 g/mol. The van der Waals surface area contributed by atoms with E-state index >= 15 is 0 Å². The van der Waals surface area contributed by atoms with E-state index in [0.717, 1.165) is 5.56 Å². The van der Waals surface area contributed by atoms with Crippen LogP contribution < -0.4 is 10.9 Å². The minimum Gasteiger partial charge on any atom is -0.358 e. The highest BCUT2D eigenvalue weighted by Gasteiger charge is 2.10. The van der Waals surface area contributed by atoms with Gasteiger partial charge in [0, 0.05) is 24.7 Å². The van der Waals surface area contributed by atoms with Gasteiger partial charge in [-0.05, 0) is 12.5 Å². The SMILES string of the molecule is CNC(=O)CSc1nc(C)c(Cc2ccccc2)c(=O)[nH]1. The molecule has 1 aromatic heterocycles. The van der Waals surface area contributed by atoms with Crippen molar-refractivity contribution < 1.29 is 4.79 Å². The highest BCUT2D eigenvalue weighted by atomic mass is 32.2. The van der Waals surface area contributed by atoms with Crippen molar-refractivity contribution in [3.63, 3.8) is 0 Å². The first-order valence-corrected chi connectivity index (χ1v) is 7.56. The number of hydrogen-bond donors (Lipinski definition) is 2. The fourth-order valence-electron chi connectivity index (χ4n) is 1.87. The van der Waals surface area contributed by atoms with Crippen LogP contribution in [0.25, 0.3) is 0 Å². The molecule has 21 heavy (non-hydrogen) atoms. The van der Waals surface area contributed by atoms with E-state index < -0.39 is 0 Å². The second-order valence-electron chi connectivity index (χ2n) is 4.56. The Balaban J connectivity index is 2.18. The zero-order valence-electron chi connectivity index (χ0n) is 12.0. The van der Waals surface area contributed by atoms with Crippen LogP contribution in [-0.2, 0) is 11.2 Å². The van der Waals surface area contributed by atoms with E-state index in [4.69, 9.17) is 0 Å². The topological polar surface area (TPSA) is 74.8 Å². The smallest absolute Gasteiger partial charge is 0.255 e. The van der Waals surface area contributed by atoms with Gasteiger partial charge in [0.05, 0.1) is 5.75 Å². The maximum Gasteiger partial charge on any atom is 0.255 e. The summed E-state index contributed by atoms with van der Waals surface area (Å²) in [6.07, 6.45) is 0.551. The van der Waals surface area contributed by atoms with E-state index in [0.29, 0.717) is 22.8 Å². The average Bonchev–Trinajstić information content (AvgIpc) is 2.49. The summed E-state index contributed by atoms with van der Waals surface area (Å²) in [6, 6.07) is 9.79. The molecule has 6 heteroatoms. The lowest BCUT2D eigenvalue weighted by Gasteiger charge is -2.07. The molecule has 0 radical (unpaired) electrons. The van der Waals surface area contributed by atoms with Gasteiger partial charge in [0.25, 0.3) is 5.56 Å². The summed E-state index contributed by atoms with van der Waals surface area (Å²) in [6.45, 7) is 1.82. The summed E-state index contributed by atoms with van der Waals surface area (Å²) in [5, 5.41) is 3.00. The minimum absolute atomic E-state index is 0.103. The molecule has 0 unspecified atom stereocenters. The van der Waals surface area contributed by atoms with E-state index in [9.17, 15) is 9.59 Å². The second-order valence-corrected chi connectivity index (χ2v) is 5.52. The van der Waals surface area contributed by atoms with Crippen LogP contribution in [-0.4, -0.2) is 28.7 Å². The van der Waals surface area contributed by atoms with E-state index in [2.05, 4.69) is 15.3 Å². The van der Waals surface area contributed by atoms with Crippen LogP contribution in [0, 0.1) is 6.92 Å². The number of carbonyl (C=O) groups is 1. The van der Waals surface area contributed by atoms with E-state index in [1.165, 1.54) is 11.8 Å². The van der Waals surface area contributed by atoms with Crippen LogP contribution in [0.1, 0.15) is 16.8 Å². The molecule has 2 aromatic rings. The first-order valence-electron chi connectivity index (χ1n) is 6.57. The van der Waals surface area contributed by atoms with Gasteiger partial charge in [-0.3, -0.25) is 9.59 Å². The van der Waals surface area contributed by atoms with Crippen molar-refractivity contribution in [1.82, 2.24) is 15.3 Å². The van der Waals surface area contributed by atoms with Crippen LogP contribution >= 0.6 is 11.8 Å². The van der Waals surface area contributed by atoms with Gasteiger partial charge in [-0.25, -0.2) is 4.98 Å². The first kappa shape index (κ1) is 15.3. The molecule has 0 saturated heterocycles. The monoisotopic (exact) mass is 303 g/mol. The molecule has 0 aliphatic heterocycles. The number of H-pyrrole nitrogens is 1. The lowest BCUT2D eigenvalue weighted by molar-refractivity contribution is -0.118. The summed E-state index contributed by atoms with van der Waals surface area (Å²) in [4.78, 5) is 30.5. The molecule has 1 amide bonds. The molecule has 5 nitrogen and oxygen atoms in total. The number of amides is 1. The third-order valence-electron chi connectivity index (χ3n) is 3.04. The molecule has 0 saturated carbocycles. The molecule has 0 spiro atoms. The maximum atomic E-state index is 12.2. The molecule has 0 aliphatic rings. The number of thioether (sulfide) groups is 1. The number of nitrogens with zero attached hydrogens (tertiary/aromatic N) is 1. The van der Waals surface area contributed by atoms with Gasteiger partial charge >= 0.3 is 0 Å². The van der Waals surface area contributed by atoms with E-state index in [-0.39, 0.29) is 17.2 Å². The Morgan fingerprint density at radius 2 is 2.05 bits per heavy atom. The van der Waals surface area contributed by atoms with Gasteiger partial charge in [0.15, 0.2) is 5.16 Å². The Labute approximate surface area is 127 Å². The van der Waals surface area contributed by atoms with Crippen LogP contribution in [0.15, 0.2) is 40.3 Å². The summed E-state index contributed by atoms with van der Waals surface area (Å²) >= 11 is 1.22. The predicted octanol–water partition coefficient (Wildman–Crippen LogP) is 1.51. The normalized spacial score (nSPS) is 10.4. The van der Waals surface area contributed by atoms with Gasteiger partial charge in [0.1, 0.15) is 0 Å². The molecule has 1 aromatic carbocycles. The number of rotatable bonds is 5. The van der Waals surface area contributed by atoms with Gasteiger partial charge in [-0.2, -0.15) is 0 Å². The molecular formula is C15H17N3O2S. The van der Waals surface area contributed by atoms with Crippen molar-refractivity contribution in [2.24, 2.45) is 0 Å². The maximum absolute atomic E-state index is 12.2. The summed E-state index contributed by atoms with van der Waals surface area (Å²) in [7, 11) is 1.58. The summed E-state index contributed by atoms with van der Waals surface area (Å²) in [5.74, 6) is 0.130. The third kappa shape index (κ3) is 4.19. The van der Waals surface area contributed by atoms with Crippen LogP contribution in [0.4, 0.5) is 0 Å². The fourth-order valence-corrected chi connectivity index (χ4v) is 2.65. The highest BCUT2D eigenvalue weighted by Crippen LogP contribution is 2.14. The number of aryl methyl sites for hydroxylation is 1. The van der Waals surface area contributed by atoms with Crippen molar-refractivity contribution >= 4 is 17.7 Å². The van der Waals surface area contributed by atoms with Crippen LogP contribution in [0.2, 0.25) is 0 Å². The molecule has 0 aliphatic carbocycles. The van der Waals surface area contributed by atoms with Gasteiger partial charge in [-0.1, -0.05) is 42.1 Å². The van der Waals surface area contributed by atoms with Gasteiger partial charge < -0.3 is 10.3 Å². The summed E-state index contributed by atoms with van der Waals surface area (Å²) < 4.78 is 0. The second kappa shape index (κ2) is 7.08. The van der Waals surface area contributed by atoms with Crippen molar-refractivity contribution in [3.05, 3.63) is 57.5 Å². The number of hydrogen-bond acceptors (Lipinski definition) is 4. The van der Waals surface area contributed by atoms with Gasteiger partial charge in [-0.15, -0.1) is 0 Å². The zero-order chi connectivity index (χ0) is 15.2. The number of benzene rings is 1. The largest absolute Gasteiger partial charge is 0.358 e. The third-order valence-corrected chi connectivity index (χ3v) is 3.92. The Bertz CT molecular complexity index is 683. The van der Waals surface area contributed by atoms with E-state index in [1.807, 2.05) is 37.3 Å².